The lowest BCUT2D eigenvalue weighted by Gasteiger charge is -1.94. The van der Waals surface area contributed by atoms with Gasteiger partial charge in [-0.3, -0.25) is 0 Å². The molecule has 54 valence electrons. The van der Waals surface area contributed by atoms with Crippen LogP contribution in [0.15, 0.2) is 12.2 Å². The van der Waals surface area contributed by atoms with Crippen LogP contribution in [0.25, 0.3) is 0 Å². The molecule has 0 saturated carbocycles. The molecule has 0 bridgehead atoms. The standard InChI is InChI=1S/C6H13NO2/c8-5-2-1-3-7-4-6-9/h1-2,7-9H,3-6H2/b2-1+. The van der Waals surface area contributed by atoms with Gasteiger partial charge >= 0.3 is 0 Å². The van der Waals surface area contributed by atoms with Crippen molar-refractivity contribution in [3.8, 4) is 0 Å². The van der Waals surface area contributed by atoms with Crippen LogP contribution in [0.5, 0.6) is 0 Å². The summed E-state index contributed by atoms with van der Waals surface area (Å²) in [6.07, 6.45) is 3.47. The average Bonchev–Trinajstić information content (AvgIpc) is 1.89. The van der Waals surface area contributed by atoms with Crippen LogP contribution in [0, 0.1) is 0 Å². The topological polar surface area (TPSA) is 52.5 Å². The Labute approximate surface area is 55.0 Å². The highest BCUT2D eigenvalue weighted by Gasteiger charge is 1.76. The van der Waals surface area contributed by atoms with Crippen LogP contribution in [-0.2, 0) is 0 Å². The molecule has 0 aromatic heterocycles. The Kier molecular flexibility index (Phi) is 7.30. The highest BCUT2D eigenvalue weighted by molar-refractivity contribution is 4.82. The van der Waals surface area contributed by atoms with Crippen molar-refractivity contribution in [1.29, 1.82) is 0 Å². The van der Waals surface area contributed by atoms with Crippen molar-refractivity contribution in [3.05, 3.63) is 12.2 Å². The van der Waals surface area contributed by atoms with Gasteiger partial charge in [-0.05, 0) is 0 Å². The fraction of sp³-hybridized carbons (Fsp3) is 0.667. The molecule has 0 aliphatic heterocycles. The van der Waals surface area contributed by atoms with Gasteiger partial charge in [0.2, 0.25) is 0 Å². The lowest BCUT2D eigenvalue weighted by molar-refractivity contribution is 0.294. The summed E-state index contributed by atoms with van der Waals surface area (Å²) >= 11 is 0. The zero-order valence-corrected chi connectivity index (χ0v) is 5.38. The van der Waals surface area contributed by atoms with Gasteiger partial charge in [-0.1, -0.05) is 12.2 Å². The minimum Gasteiger partial charge on any atom is -0.395 e. The molecule has 0 aromatic carbocycles. The van der Waals surface area contributed by atoms with Crippen molar-refractivity contribution in [2.75, 3.05) is 26.3 Å². The quantitative estimate of drug-likeness (QED) is 0.335. The van der Waals surface area contributed by atoms with E-state index in [0.717, 1.165) is 0 Å². The number of aliphatic hydroxyl groups is 2. The molecule has 3 nitrogen and oxygen atoms in total. The molecule has 0 spiro atoms. The SMILES string of the molecule is OC/C=C/CNCCO. The van der Waals surface area contributed by atoms with Crippen molar-refractivity contribution in [2.24, 2.45) is 0 Å². The van der Waals surface area contributed by atoms with Crippen LogP contribution in [0.1, 0.15) is 0 Å². The van der Waals surface area contributed by atoms with E-state index in [1.165, 1.54) is 0 Å². The van der Waals surface area contributed by atoms with Crippen molar-refractivity contribution in [2.45, 2.75) is 0 Å². The maximum atomic E-state index is 8.29. The molecule has 0 amide bonds. The van der Waals surface area contributed by atoms with E-state index in [1.807, 2.05) is 6.08 Å². The van der Waals surface area contributed by atoms with Gasteiger partial charge in [0.05, 0.1) is 13.2 Å². The molecule has 3 heteroatoms. The van der Waals surface area contributed by atoms with Gasteiger partial charge in [-0.25, -0.2) is 0 Å². The Morgan fingerprint density at radius 3 is 2.56 bits per heavy atom. The van der Waals surface area contributed by atoms with Gasteiger partial charge in [0.15, 0.2) is 0 Å². The molecule has 0 atom stereocenters. The van der Waals surface area contributed by atoms with Crippen molar-refractivity contribution < 1.29 is 10.2 Å². The van der Waals surface area contributed by atoms with Crippen LogP contribution in [0.2, 0.25) is 0 Å². The van der Waals surface area contributed by atoms with Crippen LogP contribution in [0.4, 0.5) is 0 Å². The molecule has 0 unspecified atom stereocenters. The minimum atomic E-state index is 0.0841. The van der Waals surface area contributed by atoms with E-state index in [-0.39, 0.29) is 13.2 Å². The molecule has 0 radical (unpaired) electrons. The molecular weight excluding hydrogens is 118 g/mol. The largest absolute Gasteiger partial charge is 0.395 e. The van der Waals surface area contributed by atoms with Gasteiger partial charge in [-0.15, -0.1) is 0 Å². The van der Waals surface area contributed by atoms with Gasteiger partial charge in [0.25, 0.3) is 0 Å². The number of hydrogen-bond acceptors (Lipinski definition) is 3. The summed E-state index contributed by atoms with van der Waals surface area (Å²) in [6.45, 7) is 1.56. The normalized spacial score (nSPS) is 10.9. The van der Waals surface area contributed by atoms with Crippen molar-refractivity contribution >= 4 is 0 Å². The number of rotatable bonds is 5. The monoisotopic (exact) mass is 131 g/mol. The average molecular weight is 131 g/mol. The Morgan fingerprint density at radius 2 is 2.00 bits per heavy atom. The van der Waals surface area contributed by atoms with Gasteiger partial charge < -0.3 is 15.5 Å². The number of hydrogen-bond donors (Lipinski definition) is 3. The molecule has 0 aliphatic rings. The molecule has 0 saturated heterocycles. The molecular formula is C6H13NO2. The summed E-state index contributed by atoms with van der Waals surface area (Å²) in [5.41, 5.74) is 0. The predicted molar refractivity (Wildman–Crippen MR) is 36.2 cm³/mol. The summed E-state index contributed by atoms with van der Waals surface area (Å²) in [4.78, 5) is 0. The third-order valence-corrected chi connectivity index (χ3v) is 0.823. The van der Waals surface area contributed by atoms with Crippen LogP contribution in [-0.4, -0.2) is 36.5 Å². The fourth-order valence-corrected chi connectivity index (χ4v) is 0.422. The molecule has 0 fully saturated rings. The highest BCUT2D eigenvalue weighted by Crippen LogP contribution is 1.66. The van der Waals surface area contributed by atoms with E-state index in [0.29, 0.717) is 13.1 Å². The van der Waals surface area contributed by atoms with Crippen molar-refractivity contribution in [1.82, 2.24) is 5.32 Å². The lowest BCUT2D eigenvalue weighted by Crippen LogP contribution is -2.17. The number of nitrogens with one attached hydrogen (secondary N) is 1. The minimum absolute atomic E-state index is 0.0841. The summed E-state index contributed by atoms with van der Waals surface area (Å²) in [5.74, 6) is 0. The Bertz CT molecular complexity index is 73.5. The smallest absolute Gasteiger partial charge is 0.0612 e. The zero-order valence-electron chi connectivity index (χ0n) is 5.38. The highest BCUT2D eigenvalue weighted by atomic mass is 16.3. The summed E-state index contributed by atoms with van der Waals surface area (Å²) in [7, 11) is 0. The molecule has 0 heterocycles. The second-order valence-electron chi connectivity index (χ2n) is 1.58. The van der Waals surface area contributed by atoms with Crippen LogP contribution >= 0.6 is 0 Å². The van der Waals surface area contributed by atoms with Crippen LogP contribution < -0.4 is 5.32 Å². The van der Waals surface area contributed by atoms with E-state index in [1.54, 1.807) is 6.08 Å². The van der Waals surface area contributed by atoms with Gasteiger partial charge in [0, 0.05) is 13.1 Å². The van der Waals surface area contributed by atoms with E-state index < -0.39 is 0 Å². The Balaban J connectivity index is 2.82. The summed E-state index contributed by atoms with van der Waals surface area (Å²) < 4.78 is 0. The Morgan fingerprint density at radius 1 is 1.22 bits per heavy atom. The maximum absolute atomic E-state index is 8.29. The molecule has 0 rings (SSSR count). The fourth-order valence-electron chi connectivity index (χ4n) is 0.422. The lowest BCUT2D eigenvalue weighted by atomic mass is 10.5. The molecule has 9 heavy (non-hydrogen) atoms. The second kappa shape index (κ2) is 7.62. The maximum Gasteiger partial charge on any atom is 0.0612 e. The molecule has 0 aliphatic carbocycles. The molecule has 0 aromatic rings. The predicted octanol–water partition coefficient (Wildman–Crippen LogP) is -0.883. The van der Waals surface area contributed by atoms with E-state index in [9.17, 15) is 0 Å². The summed E-state index contributed by atoms with van der Waals surface area (Å²) in [6, 6.07) is 0. The van der Waals surface area contributed by atoms with Gasteiger partial charge in [0.1, 0.15) is 0 Å². The third kappa shape index (κ3) is 7.62. The van der Waals surface area contributed by atoms with E-state index in [2.05, 4.69) is 5.32 Å². The first-order valence-corrected chi connectivity index (χ1v) is 2.99. The van der Waals surface area contributed by atoms with Crippen LogP contribution in [0.3, 0.4) is 0 Å². The van der Waals surface area contributed by atoms with Gasteiger partial charge in [-0.2, -0.15) is 0 Å². The zero-order chi connectivity index (χ0) is 6.95. The van der Waals surface area contributed by atoms with E-state index >= 15 is 0 Å². The first-order chi connectivity index (χ1) is 4.41. The first kappa shape index (κ1) is 8.62. The third-order valence-electron chi connectivity index (χ3n) is 0.823. The Hall–Kier alpha value is -0.380. The van der Waals surface area contributed by atoms with E-state index in [4.69, 9.17) is 10.2 Å². The van der Waals surface area contributed by atoms with Crippen molar-refractivity contribution in [3.63, 3.8) is 0 Å². The summed E-state index contributed by atoms with van der Waals surface area (Å²) in [5, 5.41) is 19.5. The number of aliphatic hydroxyl groups excluding tert-OH is 2. The second-order valence-corrected chi connectivity index (χ2v) is 1.58. The first-order valence-electron chi connectivity index (χ1n) is 2.99. The molecule has 3 N–H and O–H groups in total.